The van der Waals surface area contributed by atoms with Crippen molar-refractivity contribution in [1.82, 2.24) is 0 Å². The molecule has 4 heteroatoms. The van der Waals surface area contributed by atoms with Crippen molar-refractivity contribution in [2.75, 3.05) is 6.61 Å². The second-order valence-corrected chi connectivity index (χ2v) is 20.6. The van der Waals surface area contributed by atoms with Gasteiger partial charge in [-0.2, -0.15) is 0 Å². The maximum absolute atomic E-state index is 11.3. The van der Waals surface area contributed by atoms with E-state index in [-0.39, 0.29) is 5.97 Å². The van der Waals surface area contributed by atoms with Gasteiger partial charge in [-0.1, -0.05) is 0 Å². The Hall–Kier alpha value is 0.480. The first kappa shape index (κ1) is 17.5. The summed E-state index contributed by atoms with van der Waals surface area (Å²) >= 11 is 1.85. The second kappa shape index (κ2) is 10.4. The Labute approximate surface area is 116 Å². The van der Waals surface area contributed by atoms with Crippen molar-refractivity contribution in [2.45, 2.75) is 55.4 Å². The number of rotatable bonds is 9. The second-order valence-electron chi connectivity index (χ2n) is 4.01. The van der Waals surface area contributed by atoms with Crippen molar-refractivity contribution >= 4 is 34.7 Å². The predicted molar refractivity (Wildman–Crippen MR) is 79.9 cm³/mol. The Bertz CT molecular complexity index is 234. The first-order valence-corrected chi connectivity index (χ1v) is 16.3. The summed E-state index contributed by atoms with van der Waals surface area (Å²) in [5.74, 6) is -0.198. The van der Waals surface area contributed by atoms with Gasteiger partial charge >= 0.3 is 116 Å². The van der Waals surface area contributed by atoms with E-state index in [2.05, 4.69) is 30.7 Å². The average molecular weight is 421 g/mol. The summed E-state index contributed by atoms with van der Waals surface area (Å²) in [6.07, 6.45) is 6.59. The van der Waals surface area contributed by atoms with Crippen LogP contribution in [0.25, 0.3) is 0 Å². The first-order valence-electron chi connectivity index (χ1n) is 6.41. The van der Waals surface area contributed by atoms with E-state index < -0.39 is 16.0 Å². The van der Waals surface area contributed by atoms with Crippen LogP contribution in [-0.2, 0) is 9.53 Å². The van der Waals surface area contributed by atoms with Crippen molar-refractivity contribution in [3.63, 3.8) is 0 Å². The van der Waals surface area contributed by atoms with Gasteiger partial charge in [0.25, 0.3) is 0 Å². The molecule has 0 aliphatic heterocycles. The number of unbranched alkanes of at least 4 members (excludes halogenated alkanes) is 2. The number of hydrogen-bond donors (Lipinski definition) is 0. The third kappa shape index (κ3) is 9.11. The van der Waals surface area contributed by atoms with E-state index in [1.54, 1.807) is 6.08 Å². The van der Waals surface area contributed by atoms with Crippen LogP contribution in [0.2, 0.25) is 8.94 Å². The molecule has 0 atom stereocenters. The third-order valence-electron chi connectivity index (χ3n) is 2.41. The molecule has 0 fully saturated rings. The fraction of sp³-hybridized carbons (Fsp3) is 0.769. The molecule has 0 aromatic carbocycles. The standard InChI is InChI=1S/C13H25BrO2Te/c1-4-7-10-17(14,11-8-5-2)12-9-13(15)16-6-3/h9,12H,4-8,10-11H2,1-3H3/b12-9+. The summed E-state index contributed by atoms with van der Waals surface area (Å²) in [5, 5.41) is 0. The molecule has 0 N–H and O–H groups in total. The third-order valence-corrected chi connectivity index (χ3v) is 15.5. The van der Waals surface area contributed by atoms with E-state index in [9.17, 15) is 4.79 Å². The molecule has 0 unspecified atom stereocenters. The molecule has 0 radical (unpaired) electrons. The van der Waals surface area contributed by atoms with Gasteiger partial charge in [-0.15, -0.1) is 0 Å². The van der Waals surface area contributed by atoms with Crippen LogP contribution < -0.4 is 0 Å². The van der Waals surface area contributed by atoms with Crippen LogP contribution in [0, 0.1) is 0 Å². The Kier molecular flexibility index (Phi) is 10.7. The summed E-state index contributed by atoms with van der Waals surface area (Å²) in [6, 6.07) is 0. The van der Waals surface area contributed by atoms with E-state index in [0.29, 0.717) is 6.61 Å². The number of hydrogen-bond acceptors (Lipinski definition) is 2. The molecule has 2 nitrogen and oxygen atoms in total. The predicted octanol–water partition coefficient (Wildman–Crippen LogP) is 4.59. The fourth-order valence-electron chi connectivity index (χ4n) is 1.37. The van der Waals surface area contributed by atoms with E-state index in [0.717, 1.165) is 0 Å². The monoisotopic (exact) mass is 422 g/mol. The molecule has 0 saturated carbocycles. The maximum atomic E-state index is 11.3. The van der Waals surface area contributed by atoms with Gasteiger partial charge in [0, 0.05) is 0 Å². The summed E-state index contributed by atoms with van der Waals surface area (Å²) < 4.78 is 9.61. The number of ether oxygens (including phenoxy) is 1. The van der Waals surface area contributed by atoms with Gasteiger partial charge in [-0.3, -0.25) is 0 Å². The van der Waals surface area contributed by atoms with Crippen LogP contribution >= 0.6 is 12.8 Å². The molecular weight excluding hydrogens is 396 g/mol. The number of carbonyl (C=O) groups excluding carboxylic acids is 1. The number of carbonyl (C=O) groups is 1. The molecule has 0 aliphatic carbocycles. The van der Waals surface area contributed by atoms with Gasteiger partial charge in [0.05, 0.1) is 0 Å². The topological polar surface area (TPSA) is 26.3 Å². The van der Waals surface area contributed by atoms with Crippen molar-refractivity contribution in [3.8, 4) is 0 Å². The van der Waals surface area contributed by atoms with Crippen molar-refractivity contribution in [1.29, 1.82) is 0 Å². The molecule has 0 heterocycles. The molecule has 17 heavy (non-hydrogen) atoms. The number of esters is 1. The molecular formula is C13H25BrO2Te. The van der Waals surface area contributed by atoms with E-state index in [4.69, 9.17) is 4.74 Å². The van der Waals surface area contributed by atoms with Gasteiger partial charge in [0.15, 0.2) is 0 Å². The zero-order valence-electron chi connectivity index (χ0n) is 11.2. The first-order chi connectivity index (χ1) is 8.08. The quantitative estimate of drug-likeness (QED) is 0.310. The Morgan fingerprint density at radius 1 is 1.18 bits per heavy atom. The molecule has 0 spiro atoms. The van der Waals surface area contributed by atoms with Crippen LogP contribution in [-0.4, -0.2) is 28.5 Å². The Balaban J connectivity index is 4.39. The van der Waals surface area contributed by atoms with Gasteiger partial charge in [0.2, 0.25) is 0 Å². The minimum absolute atomic E-state index is 0.198. The molecule has 0 aromatic heterocycles. The van der Waals surface area contributed by atoms with E-state index in [1.807, 2.05) is 6.92 Å². The van der Waals surface area contributed by atoms with Crippen LogP contribution in [0.5, 0.6) is 0 Å². The molecule has 0 aromatic rings. The van der Waals surface area contributed by atoms with Crippen molar-refractivity contribution < 1.29 is 9.53 Å². The fourth-order valence-corrected chi connectivity index (χ4v) is 11.9. The molecule has 0 saturated heterocycles. The zero-order valence-corrected chi connectivity index (χ0v) is 15.1. The van der Waals surface area contributed by atoms with Crippen LogP contribution in [0.3, 0.4) is 0 Å². The van der Waals surface area contributed by atoms with Gasteiger partial charge in [0.1, 0.15) is 0 Å². The minimum atomic E-state index is -2.11. The van der Waals surface area contributed by atoms with Crippen molar-refractivity contribution in [2.24, 2.45) is 0 Å². The van der Waals surface area contributed by atoms with Crippen LogP contribution in [0.15, 0.2) is 10.2 Å². The zero-order chi connectivity index (χ0) is 13.1. The Morgan fingerprint density at radius 2 is 1.71 bits per heavy atom. The SMILES string of the molecule is CCCC[Te](Br)(/C=C/C(=O)OCC)CCCC. The van der Waals surface area contributed by atoms with E-state index in [1.165, 1.54) is 34.6 Å². The molecule has 102 valence electrons. The Morgan fingerprint density at radius 3 is 2.12 bits per heavy atom. The molecule has 0 bridgehead atoms. The molecule has 0 amide bonds. The summed E-state index contributed by atoms with van der Waals surface area (Å²) in [6.45, 7) is 6.72. The molecule has 0 aliphatic rings. The number of halogens is 1. The van der Waals surface area contributed by atoms with Gasteiger partial charge < -0.3 is 0 Å². The van der Waals surface area contributed by atoms with E-state index >= 15 is 0 Å². The van der Waals surface area contributed by atoms with Crippen LogP contribution in [0.4, 0.5) is 0 Å². The van der Waals surface area contributed by atoms with Crippen LogP contribution in [0.1, 0.15) is 46.5 Å². The normalized spacial score (nSPS) is 12.9. The summed E-state index contributed by atoms with van der Waals surface area (Å²) in [4.78, 5) is 11.3. The summed E-state index contributed by atoms with van der Waals surface area (Å²) in [7, 11) is 0. The average Bonchev–Trinajstić information content (AvgIpc) is 2.32. The molecule has 0 rings (SSSR count). The van der Waals surface area contributed by atoms with Gasteiger partial charge in [-0.05, 0) is 0 Å². The summed E-state index contributed by atoms with van der Waals surface area (Å²) in [5.41, 5.74) is 0. The van der Waals surface area contributed by atoms with Gasteiger partial charge in [-0.25, -0.2) is 0 Å². The van der Waals surface area contributed by atoms with Crippen molar-refractivity contribution in [3.05, 3.63) is 10.2 Å².